The third kappa shape index (κ3) is 4.01. The molecular formula is C20H18ClN3O3. The lowest BCUT2D eigenvalue weighted by Crippen LogP contribution is -2.27. The average Bonchev–Trinajstić information content (AvgIpc) is 2.61. The smallest absolute Gasteiger partial charge is 0.251 e. The van der Waals surface area contributed by atoms with Gasteiger partial charge in [-0.1, -0.05) is 17.7 Å². The van der Waals surface area contributed by atoms with Crippen LogP contribution in [-0.2, 0) is 0 Å². The van der Waals surface area contributed by atoms with Gasteiger partial charge in [0.25, 0.3) is 11.5 Å². The number of ether oxygens (including phenoxy) is 1. The Morgan fingerprint density at radius 2 is 1.93 bits per heavy atom. The van der Waals surface area contributed by atoms with Gasteiger partial charge in [0, 0.05) is 17.1 Å². The quantitative estimate of drug-likeness (QED) is 0.720. The number of nitrogens with two attached hydrogens (primary N) is 1. The molecule has 0 unspecified atom stereocenters. The molecule has 7 heteroatoms. The maximum atomic E-state index is 12.3. The highest BCUT2D eigenvalue weighted by atomic mass is 35.5. The molecule has 2 aromatic heterocycles. The molecule has 27 heavy (non-hydrogen) atoms. The molecule has 0 spiro atoms. The standard InChI is InChI=1S/C20H18ClN3O3/c1-12(2)24-18(25)9-7-16(20(22)26)19(24)17-8-6-15(11-23-17)27-14-5-3-4-13(21)10-14/h3-12H,1-2H3,(H2,22,26). The molecule has 0 saturated carbocycles. The Kier molecular flexibility index (Phi) is 5.28. The van der Waals surface area contributed by atoms with Crippen LogP contribution in [0.1, 0.15) is 30.2 Å². The number of primary amides is 1. The molecule has 0 radical (unpaired) electrons. The first-order valence-corrected chi connectivity index (χ1v) is 8.70. The van der Waals surface area contributed by atoms with Crippen LogP contribution in [0.3, 0.4) is 0 Å². The summed E-state index contributed by atoms with van der Waals surface area (Å²) in [6.07, 6.45) is 1.52. The Bertz CT molecular complexity index is 1040. The zero-order valence-electron chi connectivity index (χ0n) is 14.8. The summed E-state index contributed by atoms with van der Waals surface area (Å²) in [5.74, 6) is 0.449. The Morgan fingerprint density at radius 1 is 1.15 bits per heavy atom. The zero-order chi connectivity index (χ0) is 19.6. The van der Waals surface area contributed by atoms with E-state index in [0.29, 0.717) is 27.9 Å². The molecule has 0 atom stereocenters. The van der Waals surface area contributed by atoms with Gasteiger partial charge in [0.15, 0.2) is 0 Å². The molecule has 3 rings (SSSR count). The fraction of sp³-hybridized carbons (Fsp3) is 0.150. The molecule has 1 amide bonds. The molecule has 0 fully saturated rings. The average molecular weight is 384 g/mol. The number of nitrogens with zero attached hydrogens (tertiary/aromatic N) is 2. The van der Waals surface area contributed by atoms with E-state index in [4.69, 9.17) is 22.1 Å². The number of amides is 1. The van der Waals surface area contributed by atoms with E-state index < -0.39 is 5.91 Å². The first-order chi connectivity index (χ1) is 12.9. The van der Waals surface area contributed by atoms with Crippen molar-refractivity contribution >= 4 is 17.5 Å². The van der Waals surface area contributed by atoms with E-state index in [0.717, 1.165) is 0 Å². The highest BCUT2D eigenvalue weighted by Gasteiger charge is 2.19. The van der Waals surface area contributed by atoms with Crippen LogP contribution in [0.15, 0.2) is 59.5 Å². The maximum absolute atomic E-state index is 12.3. The topological polar surface area (TPSA) is 87.2 Å². The Labute approximate surface area is 161 Å². The van der Waals surface area contributed by atoms with Gasteiger partial charge in [0.2, 0.25) is 0 Å². The third-order valence-corrected chi connectivity index (χ3v) is 4.15. The number of carbonyl (C=O) groups is 1. The minimum atomic E-state index is -0.625. The summed E-state index contributed by atoms with van der Waals surface area (Å²) in [6, 6.07) is 13.0. The summed E-state index contributed by atoms with van der Waals surface area (Å²) < 4.78 is 7.22. The Hall–Kier alpha value is -3.12. The van der Waals surface area contributed by atoms with Crippen molar-refractivity contribution in [2.45, 2.75) is 19.9 Å². The highest BCUT2D eigenvalue weighted by molar-refractivity contribution is 6.30. The SMILES string of the molecule is CC(C)n1c(-c2ccc(Oc3cccc(Cl)c3)cn2)c(C(N)=O)ccc1=O. The van der Waals surface area contributed by atoms with Crippen LogP contribution in [0.5, 0.6) is 11.5 Å². The van der Waals surface area contributed by atoms with E-state index in [1.165, 1.54) is 22.9 Å². The van der Waals surface area contributed by atoms with E-state index in [-0.39, 0.29) is 17.2 Å². The lowest BCUT2D eigenvalue weighted by Gasteiger charge is -2.18. The van der Waals surface area contributed by atoms with Gasteiger partial charge in [0.05, 0.1) is 23.1 Å². The van der Waals surface area contributed by atoms with Crippen molar-refractivity contribution < 1.29 is 9.53 Å². The van der Waals surface area contributed by atoms with Gasteiger partial charge in [-0.05, 0) is 50.2 Å². The predicted molar refractivity (Wildman–Crippen MR) is 104 cm³/mol. The fourth-order valence-corrected chi connectivity index (χ4v) is 2.95. The van der Waals surface area contributed by atoms with Gasteiger partial charge in [-0.25, -0.2) is 0 Å². The van der Waals surface area contributed by atoms with Crippen molar-refractivity contribution in [3.8, 4) is 22.9 Å². The molecular weight excluding hydrogens is 366 g/mol. The minimum Gasteiger partial charge on any atom is -0.456 e. The first-order valence-electron chi connectivity index (χ1n) is 8.32. The summed E-state index contributed by atoms with van der Waals surface area (Å²) in [4.78, 5) is 28.5. The van der Waals surface area contributed by atoms with E-state index in [1.807, 2.05) is 13.8 Å². The number of aromatic nitrogens is 2. The van der Waals surface area contributed by atoms with Crippen LogP contribution >= 0.6 is 11.6 Å². The molecule has 2 heterocycles. The second-order valence-corrected chi connectivity index (χ2v) is 6.64. The molecule has 6 nitrogen and oxygen atoms in total. The van der Waals surface area contributed by atoms with Crippen molar-refractivity contribution in [2.24, 2.45) is 5.73 Å². The fourth-order valence-electron chi connectivity index (χ4n) is 2.77. The van der Waals surface area contributed by atoms with Crippen LogP contribution in [0.2, 0.25) is 5.02 Å². The van der Waals surface area contributed by atoms with Crippen LogP contribution in [0.25, 0.3) is 11.4 Å². The monoisotopic (exact) mass is 383 g/mol. The number of hydrogen-bond acceptors (Lipinski definition) is 4. The molecule has 3 aromatic rings. The molecule has 0 saturated heterocycles. The lowest BCUT2D eigenvalue weighted by atomic mass is 10.1. The number of hydrogen-bond donors (Lipinski definition) is 1. The minimum absolute atomic E-state index is 0.170. The van der Waals surface area contributed by atoms with Crippen molar-refractivity contribution in [1.82, 2.24) is 9.55 Å². The lowest BCUT2D eigenvalue weighted by molar-refractivity contribution is 0.1000. The van der Waals surface area contributed by atoms with Gasteiger partial charge in [-0.15, -0.1) is 0 Å². The van der Waals surface area contributed by atoms with E-state index in [1.54, 1.807) is 36.4 Å². The summed E-state index contributed by atoms with van der Waals surface area (Å²) in [5, 5.41) is 0.563. The third-order valence-electron chi connectivity index (χ3n) is 3.92. The number of carbonyl (C=O) groups excluding carboxylic acids is 1. The maximum Gasteiger partial charge on any atom is 0.251 e. The molecule has 0 aliphatic carbocycles. The second kappa shape index (κ2) is 7.63. The predicted octanol–water partition coefficient (Wildman–Crippen LogP) is 4.04. The molecule has 0 aliphatic rings. The summed E-state index contributed by atoms with van der Waals surface area (Å²) in [6.45, 7) is 3.71. The van der Waals surface area contributed by atoms with E-state index >= 15 is 0 Å². The molecule has 138 valence electrons. The molecule has 0 aliphatic heterocycles. The summed E-state index contributed by atoms with van der Waals surface area (Å²) >= 11 is 5.95. The number of rotatable bonds is 5. The number of halogens is 1. The summed E-state index contributed by atoms with van der Waals surface area (Å²) in [7, 11) is 0. The van der Waals surface area contributed by atoms with Crippen molar-refractivity contribution in [1.29, 1.82) is 0 Å². The van der Waals surface area contributed by atoms with E-state index in [9.17, 15) is 9.59 Å². The van der Waals surface area contributed by atoms with Gasteiger partial charge in [-0.3, -0.25) is 14.6 Å². The van der Waals surface area contributed by atoms with Gasteiger partial charge < -0.3 is 15.0 Å². The highest BCUT2D eigenvalue weighted by Crippen LogP contribution is 2.27. The van der Waals surface area contributed by atoms with Crippen LogP contribution in [0, 0.1) is 0 Å². The van der Waals surface area contributed by atoms with Crippen molar-refractivity contribution in [3.63, 3.8) is 0 Å². The van der Waals surface area contributed by atoms with Gasteiger partial charge in [0.1, 0.15) is 11.5 Å². The number of benzene rings is 1. The molecule has 1 aromatic carbocycles. The van der Waals surface area contributed by atoms with Crippen LogP contribution in [0.4, 0.5) is 0 Å². The van der Waals surface area contributed by atoms with Crippen molar-refractivity contribution in [3.05, 3.63) is 75.7 Å². The van der Waals surface area contributed by atoms with Gasteiger partial charge >= 0.3 is 0 Å². The largest absolute Gasteiger partial charge is 0.456 e. The molecule has 0 bridgehead atoms. The normalized spacial score (nSPS) is 10.8. The Balaban J connectivity index is 2.03. The summed E-state index contributed by atoms with van der Waals surface area (Å²) in [5.41, 5.74) is 6.34. The first kappa shape index (κ1) is 18.7. The Morgan fingerprint density at radius 3 is 2.52 bits per heavy atom. The van der Waals surface area contributed by atoms with Crippen molar-refractivity contribution in [2.75, 3.05) is 0 Å². The van der Waals surface area contributed by atoms with Crippen LogP contribution in [-0.4, -0.2) is 15.5 Å². The van der Waals surface area contributed by atoms with E-state index in [2.05, 4.69) is 4.98 Å². The molecule has 2 N–H and O–H groups in total. The second-order valence-electron chi connectivity index (χ2n) is 6.20. The zero-order valence-corrected chi connectivity index (χ0v) is 15.6. The number of pyridine rings is 2. The van der Waals surface area contributed by atoms with Crippen LogP contribution < -0.4 is 16.0 Å². The van der Waals surface area contributed by atoms with Gasteiger partial charge in [-0.2, -0.15) is 0 Å².